The highest BCUT2D eigenvalue weighted by Gasteiger charge is 2.47. The summed E-state index contributed by atoms with van der Waals surface area (Å²) in [6, 6.07) is 13.6. The molecule has 1 aliphatic rings. The Morgan fingerprint density at radius 1 is 0.914 bits per heavy atom. The lowest BCUT2D eigenvalue weighted by Gasteiger charge is -2.26. The average Bonchev–Trinajstić information content (AvgIpc) is 3.13. The molecular weight excluding hydrogens is 477 g/mol. The van der Waals surface area contributed by atoms with E-state index in [0.29, 0.717) is 17.0 Å². The molecule has 35 heavy (non-hydrogen) atoms. The second-order valence-corrected chi connectivity index (χ2v) is 7.98. The van der Waals surface area contributed by atoms with Crippen molar-refractivity contribution in [2.75, 3.05) is 26.2 Å². The van der Waals surface area contributed by atoms with E-state index in [0.717, 1.165) is 0 Å². The number of halogens is 2. The first-order valence-corrected chi connectivity index (χ1v) is 10.8. The summed E-state index contributed by atoms with van der Waals surface area (Å²) in [5.41, 5.74) is 0.581. The van der Waals surface area contributed by atoms with Gasteiger partial charge >= 0.3 is 0 Å². The molecular formula is C26H21ClFNO6. The zero-order valence-electron chi connectivity index (χ0n) is 19.0. The Morgan fingerprint density at radius 3 is 2.06 bits per heavy atom. The molecule has 9 heteroatoms. The molecule has 1 fully saturated rings. The highest BCUT2D eigenvalue weighted by Crippen LogP contribution is 2.46. The van der Waals surface area contributed by atoms with E-state index in [1.165, 1.54) is 56.6 Å². The largest absolute Gasteiger partial charge is 0.506 e. The summed E-state index contributed by atoms with van der Waals surface area (Å²) in [7, 11) is 4.26. The summed E-state index contributed by atoms with van der Waals surface area (Å²) < 4.78 is 29.7. The minimum atomic E-state index is -1.09. The van der Waals surface area contributed by atoms with Crippen LogP contribution in [0.5, 0.6) is 17.2 Å². The first-order valence-electron chi connectivity index (χ1n) is 10.4. The zero-order chi connectivity index (χ0) is 25.3. The zero-order valence-corrected chi connectivity index (χ0v) is 19.8. The van der Waals surface area contributed by atoms with E-state index < -0.39 is 29.3 Å². The van der Waals surface area contributed by atoms with Crippen molar-refractivity contribution in [3.63, 3.8) is 0 Å². The van der Waals surface area contributed by atoms with Crippen molar-refractivity contribution in [2.45, 2.75) is 6.04 Å². The summed E-state index contributed by atoms with van der Waals surface area (Å²) in [5, 5.41) is 11.6. The number of nitrogens with zero attached hydrogens (tertiary/aromatic N) is 1. The number of aliphatic hydroxyl groups is 1. The average molecular weight is 498 g/mol. The molecule has 3 aromatic carbocycles. The van der Waals surface area contributed by atoms with Gasteiger partial charge in [0.1, 0.15) is 34.4 Å². The Bertz CT molecular complexity index is 1320. The van der Waals surface area contributed by atoms with Crippen molar-refractivity contribution in [3.8, 4) is 17.2 Å². The predicted molar refractivity (Wildman–Crippen MR) is 129 cm³/mol. The first-order chi connectivity index (χ1) is 16.8. The molecule has 1 saturated heterocycles. The maximum absolute atomic E-state index is 13.7. The standard InChI is InChI=1S/C26H21ClFNO6/c1-33-18-12-11-16(13-17(18)27)29-23(14-7-9-15(28)10-8-14)22(25(31)26(29)32)24(30)21-19(34-2)5-4-6-20(21)35-3/h4-13,23,30H,1-3H3/b24-22+. The van der Waals surface area contributed by atoms with Gasteiger partial charge in [0.15, 0.2) is 0 Å². The predicted octanol–water partition coefficient (Wildman–Crippen LogP) is 5.13. The molecule has 1 unspecified atom stereocenters. The Hall–Kier alpha value is -4.04. The fraction of sp³-hybridized carbons (Fsp3) is 0.154. The van der Waals surface area contributed by atoms with Crippen molar-refractivity contribution in [2.24, 2.45) is 0 Å². The number of rotatable bonds is 6. The molecule has 7 nitrogen and oxygen atoms in total. The number of methoxy groups -OCH3 is 3. The number of carbonyl (C=O) groups excluding carboxylic acids is 2. The minimum Gasteiger partial charge on any atom is -0.506 e. The number of Topliss-reactive ketones (excluding diaryl/α,β-unsaturated/α-hetero) is 1. The van der Waals surface area contributed by atoms with Gasteiger partial charge in [-0.1, -0.05) is 29.8 Å². The van der Waals surface area contributed by atoms with E-state index in [1.807, 2.05) is 0 Å². The molecule has 3 aromatic rings. The fourth-order valence-electron chi connectivity index (χ4n) is 4.08. The monoisotopic (exact) mass is 497 g/mol. The van der Waals surface area contributed by atoms with Crippen LogP contribution in [0.4, 0.5) is 10.1 Å². The van der Waals surface area contributed by atoms with E-state index in [4.69, 9.17) is 25.8 Å². The highest BCUT2D eigenvalue weighted by molar-refractivity contribution is 6.52. The van der Waals surface area contributed by atoms with Gasteiger partial charge in [-0.25, -0.2) is 4.39 Å². The van der Waals surface area contributed by atoms with Crippen LogP contribution >= 0.6 is 11.6 Å². The van der Waals surface area contributed by atoms with Crippen LogP contribution < -0.4 is 19.1 Å². The summed E-state index contributed by atoms with van der Waals surface area (Å²) in [6.07, 6.45) is 0. The Labute approximate surface area is 205 Å². The van der Waals surface area contributed by atoms with Gasteiger partial charge < -0.3 is 19.3 Å². The summed E-state index contributed by atoms with van der Waals surface area (Å²) in [4.78, 5) is 27.8. The normalized spacial score (nSPS) is 16.9. The van der Waals surface area contributed by atoms with E-state index in [-0.39, 0.29) is 27.7 Å². The third-order valence-corrected chi connectivity index (χ3v) is 6.00. The molecule has 4 rings (SSSR count). The molecule has 0 saturated carbocycles. The van der Waals surface area contributed by atoms with Crippen molar-refractivity contribution in [1.82, 2.24) is 0 Å². The SMILES string of the molecule is COc1ccc(N2C(=O)C(=O)/C(=C(/O)c3c(OC)cccc3OC)C2c2ccc(F)cc2)cc1Cl. The third kappa shape index (κ3) is 4.17. The number of benzene rings is 3. The molecule has 1 N–H and O–H groups in total. The van der Waals surface area contributed by atoms with Crippen molar-refractivity contribution in [1.29, 1.82) is 0 Å². The quantitative estimate of drug-likeness (QED) is 0.289. The summed E-state index contributed by atoms with van der Waals surface area (Å²) >= 11 is 6.29. The molecule has 0 spiro atoms. The molecule has 1 aliphatic heterocycles. The number of ketones is 1. The second kappa shape index (κ2) is 9.68. The van der Waals surface area contributed by atoms with Crippen molar-refractivity contribution in [3.05, 3.63) is 88.2 Å². The second-order valence-electron chi connectivity index (χ2n) is 7.58. The first kappa shape index (κ1) is 24.1. The lowest BCUT2D eigenvalue weighted by atomic mass is 9.94. The van der Waals surface area contributed by atoms with Gasteiger partial charge in [0.2, 0.25) is 0 Å². The lowest BCUT2D eigenvalue weighted by molar-refractivity contribution is -0.132. The molecule has 0 radical (unpaired) electrons. The number of anilines is 1. The number of ether oxygens (including phenoxy) is 3. The Balaban J connectivity index is 2.00. The lowest BCUT2D eigenvalue weighted by Crippen LogP contribution is -2.29. The van der Waals surface area contributed by atoms with E-state index >= 15 is 0 Å². The fourth-order valence-corrected chi connectivity index (χ4v) is 4.34. The van der Waals surface area contributed by atoms with Gasteiger partial charge in [-0.2, -0.15) is 0 Å². The van der Waals surface area contributed by atoms with E-state index in [2.05, 4.69) is 0 Å². The van der Waals surface area contributed by atoms with Crippen molar-refractivity contribution >= 4 is 34.7 Å². The molecule has 1 amide bonds. The number of hydrogen-bond acceptors (Lipinski definition) is 6. The van der Waals surface area contributed by atoms with E-state index in [9.17, 15) is 19.1 Å². The molecule has 1 atom stereocenters. The van der Waals surface area contributed by atoms with Gasteiger partial charge in [-0.05, 0) is 48.0 Å². The highest BCUT2D eigenvalue weighted by atomic mass is 35.5. The van der Waals surface area contributed by atoms with Crippen LogP contribution in [0.1, 0.15) is 17.2 Å². The van der Waals surface area contributed by atoms with Crippen LogP contribution in [0, 0.1) is 5.82 Å². The third-order valence-electron chi connectivity index (χ3n) is 5.71. The van der Waals surface area contributed by atoms with Crippen LogP contribution in [0.3, 0.4) is 0 Å². The molecule has 0 bridgehead atoms. The number of carbonyl (C=O) groups is 2. The molecule has 180 valence electrons. The van der Waals surface area contributed by atoms with Crippen LogP contribution in [0.2, 0.25) is 5.02 Å². The van der Waals surface area contributed by atoms with E-state index in [1.54, 1.807) is 30.3 Å². The Morgan fingerprint density at radius 2 is 1.51 bits per heavy atom. The van der Waals surface area contributed by atoms with Gasteiger partial charge in [0.05, 0.1) is 38.0 Å². The maximum Gasteiger partial charge on any atom is 0.300 e. The summed E-state index contributed by atoms with van der Waals surface area (Å²) in [6.45, 7) is 0. The van der Waals surface area contributed by atoms with Crippen LogP contribution in [-0.2, 0) is 9.59 Å². The van der Waals surface area contributed by atoms with Gasteiger partial charge in [0.25, 0.3) is 11.7 Å². The van der Waals surface area contributed by atoms with Crippen LogP contribution in [0.15, 0.2) is 66.2 Å². The van der Waals surface area contributed by atoms with Crippen molar-refractivity contribution < 1.29 is 33.3 Å². The van der Waals surface area contributed by atoms with Gasteiger partial charge in [-0.15, -0.1) is 0 Å². The maximum atomic E-state index is 13.7. The molecule has 0 aliphatic carbocycles. The van der Waals surface area contributed by atoms with Crippen LogP contribution in [0.25, 0.3) is 5.76 Å². The number of aliphatic hydroxyl groups excluding tert-OH is 1. The van der Waals surface area contributed by atoms with Crippen LogP contribution in [-0.4, -0.2) is 38.1 Å². The Kier molecular flexibility index (Phi) is 6.66. The topological polar surface area (TPSA) is 85.3 Å². The molecule has 0 aromatic heterocycles. The number of amides is 1. The summed E-state index contributed by atoms with van der Waals surface area (Å²) in [5.74, 6) is -1.97. The molecule has 1 heterocycles. The minimum absolute atomic E-state index is 0.107. The van der Waals surface area contributed by atoms with Gasteiger partial charge in [0, 0.05) is 5.69 Å². The number of hydrogen-bond donors (Lipinski definition) is 1. The van der Waals surface area contributed by atoms with Gasteiger partial charge in [-0.3, -0.25) is 14.5 Å². The smallest absolute Gasteiger partial charge is 0.300 e.